The molecule has 25 heavy (non-hydrogen) atoms. The Labute approximate surface area is 145 Å². The van der Waals surface area contributed by atoms with Gasteiger partial charge in [-0.05, 0) is 37.3 Å². The molecule has 1 fully saturated rings. The van der Waals surface area contributed by atoms with Crippen LogP contribution < -0.4 is 5.32 Å². The highest BCUT2D eigenvalue weighted by Crippen LogP contribution is 2.26. The van der Waals surface area contributed by atoms with Crippen molar-refractivity contribution >= 4 is 11.7 Å². The Balaban J connectivity index is 1.87. The van der Waals surface area contributed by atoms with Crippen LogP contribution in [-0.2, 0) is 16.0 Å². The van der Waals surface area contributed by atoms with E-state index in [9.17, 15) is 22.8 Å². The number of benzene rings is 1. The van der Waals surface area contributed by atoms with Crippen LogP contribution in [0, 0.1) is 5.92 Å². The van der Waals surface area contributed by atoms with E-state index in [0.717, 1.165) is 42.7 Å². The molecule has 2 atom stereocenters. The van der Waals surface area contributed by atoms with Gasteiger partial charge in [-0.1, -0.05) is 30.3 Å². The zero-order valence-corrected chi connectivity index (χ0v) is 14.1. The molecule has 1 aliphatic carbocycles. The molecule has 1 aliphatic rings. The number of rotatable bonds is 6. The summed E-state index contributed by atoms with van der Waals surface area (Å²) in [4.78, 5) is 23.7. The van der Waals surface area contributed by atoms with Crippen molar-refractivity contribution in [3.63, 3.8) is 0 Å². The summed E-state index contributed by atoms with van der Waals surface area (Å²) in [7, 11) is 0. The molecule has 3 nitrogen and oxygen atoms in total. The van der Waals surface area contributed by atoms with E-state index in [-0.39, 0.29) is 11.8 Å². The summed E-state index contributed by atoms with van der Waals surface area (Å²) in [6.45, 7) is 1.70. The van der Waals surface area contributed by atoms with Crippen molar-refractivity contribution in [2.75, 3.05) is 0 Å². The van der Waals surface area contributed by atoms with Gasteiger partial charge in [0.15, 0.2) is 0 Å². The maximum Gasteiger partial charge on any atom is 0.392 e. The van der Waals surface area contributed by atoms with Crippen molar-refractivity contribution in [1.29, 1.82) is 0 Å². The molecule has 2 unspecified atom stereocenters. The third kappa shape index (κ3) is 6.03. The summed E-state index contributed by atoms with van der Waals surface area (Å²) in [6.07, 6.45) is -0.148. The van der Waals surface area contributed by atoms with E-state index in [1.165, 1.54) is 0 Å². The molecule has 0 heterocycles. The maximum absolute atomic E-state index is 12.0. The van der Waals surface area contributed by atoms with Crippen LogP contribution in [0.4, 0.5) is 13.2 Å². The molecular weight excluding hydrogens is 331 g/mol. The van der Waals surface area contributed by atoms with Crippen LogP contribution >= 0.6 is 0 Å². The van der Waals surface area contributed by atoms with Gasteiger partial charge < -0.3 is 5.32 Å². The minimum Gasteiger partial charge on any atom is -0.332 e. The van der Waals surface area contributed by atoms with Crippen molar-refractivity contribution in [1.82, 2.24) is 5.32 Å². The van der Waals surface area contributed by atoms with Crippen LogP contribution in [0.1, 0.15) is 49.7 Å². The van der Waals surface area contributed by atoms with Gasteiger partial charge in [-0.2, -0.15) is 13.2 Å². The van der Waals surface area contributed by atoms with E-state index >= 15 is 0 Å². The molecule has 1 amide bonds. The first kappa shape index (κ1) is 19.2. The van der Waals surface area contributed by atoms with Crippen LogP contribution in [-0.4, -0.2) is 17.9 Å². The van der Waals surface area contributed by atoms with Gasteiger partial charge in [0.25, 0.3) is 0 Å². The van der Waals surface area contributed by atoms with E-state index in [4.69, 9.17) is 0 Å². The molecule has 0 radical (unpaired) electrons. The summed E-state index contributed by atoms with van der Waals surface area (Å²) >= 11 is 0. The van der Waals surface area contributed by atoms with E-state index in [0.29, 0.717) is 12.2 Å². The number of carbonyl (C=O) groups excluding carboxylic acids is 2. The first-order valence-electron chi connectivity index (χ1n) is 8.40. The number of nitrogens with one attached hydrogen (secondary N) is 1. The van der Waals surface area contributed by atoms with Crippen LogP contribution in [0.5, 0.6) is 0 Å². The Bertz CT molecular complexity index is 635. The molecule has 1 saturated carbocycles. The molecule has 136 valence electrons. The zero-order valence-electron chi connectivity index (χ0n) is 14.1. The fourth-order valence-corrected chi connectivity index (χ4v) is 2.94. The summed E-state index contributed by atoms with van der Waals surface area (Å²) in [5.41, 5.74) is 1.84. The van der Waals surface area contributed by atoms with E-state index in [2.05, 4.69) is 5.32 Å². The summed E-state index contributed by atoms with van der Waals surface area (Å²) < 4.78 is 36.1. The fraction of sp³-hybridized carbons (Fsp3) is 0.474. The van der Waals surface area contributed by atoms with Gasteiger partial charge in [-0.3, -0.25) is 9.59 Å². The minimum atomic E-state index is -4.27. The predicted molar refractivity (Wildman–Crippen MR) is 88.9 cm³/mol. The second-order valence-corrected chi connectivity index (χ2v) is 6.45. The van der Waals surface area contributed by atoms with Crippen LogP contribution in [0.15, 0.2) is 36.5 Å². The van der Waals surface area contributed by atoms with Gasteiger partial charge in [0, 0.05) is 18.5 Å². The lowest BCUT2D eigenvalue weighted by molar-refractivity contribution is -0.125. The number of ketones is 1. The summed E-state index contributed by atoms with van der Waals surface area (Å²) in [5.74, 6) is -0.414. The quantitative estimate of drug-likeness (QED) is 0.829. The van der Waals surface area contributed by atoms with Gasteiger partial charge in [0.1, 0.15) is 5.78 Å². The third-order valence-electron chi connectivity index (χ3n) is 4.48. The average Bonchev–Trinajstić information content (AvgIpc) is 2.95. The Morgan fingerprint density at radius 1 is 1.32 bits per heavy atom. The lowest BCUT2D eigenvalue weighted by Crippen LogP contribution is -2.23. The van der Waals surface area contributed by atoms with Gasteiger partial charge in [-0.15, -0.1) is 0 Å². The summed E-state index contributed by atoms with van der Waals surface area (Å²) in [5, 5.41) is 2.37. The zero-order chi connectivity index (χ0) is 18.4. The normalized spacial score (nSPS) is 19.4. The Morgan fingerprint density at radius 2 is 2.00 bits per heavy atom. The van der Waals surface area contributed by atoms with Crippen molar-refractivity contribution in [2.24, 2.45) is 5.92 Å². The average molecular weight is 353 g/mol. The molecule has 6 heteroatoms. The van der Waals surface area contributed by atoms with Gasteiger partial charge in [0.2, 0.25) is 5.91 Å². The molecule has 2 rings (SSSR count). The van der Waals surface area contributed by atoms with Crippen LogP contribution in [0.25, 0.3) is 0 Å². The molecule has 1 aromatic rings. The number of carbonyl (C=O) groups is 2. The molecule has 0 spiro atoms. The molecular formula is C19H22F3NO2. The number of alkyl halides is 3. The number of halogens is 3. The number of allylic oxidation sites excluding steroid dienone is 1. The standard InChI is InChI=1S/C19H22F3NO2/c1-13(18(25)23-11-3-10-19(20,21)22)15-8-6-14(7-9-15)12-16-4-2-5-17(16)24/h3,6-9,11,13,16H,2,4-5,10,12H2,1H3,(H,23,25)/b11-3-. The van der Waals surface area contributed by atoms with E-state index in [1.54, 1.807) is 6.92 Å². The number of hydrogen-bond acceptors (Lipinski definition) is 2. The molecule has 0 bridgehead atoms. The van der Waals surface area contributed by atoms with Crippen molar-refractivity contribution < 1.29 is 22.8 Å². The van der Waals surface area contributed by atoms with Gasteiger partial charge >= 0.3 is 6.18 Å². The van der Waals surface area contributed by atoms with Crippen molar-refractivity contribution in [3.05, 3.63) is 47.7 Å². The highest BCUT2D eigenvalue weighted by Gasteiger charge is 2.25. The lowest BCUT2D eigenvalue weighted by Gasteiger charge is -2.12. The first-order valence-corrected chi connectivity index (χ1v) is 8.40. The molecule has 1 aromatic carbocycles. The Kier molecular flexibility index (Phi) is 6.39. The van der Waals surface area contributed by atoms with Crippen LogP contribution in [0.2, 0.25) is 0 Å². The monoisotopic (exact) mass is 353 g/mol. The van der Waals surface area contributed by atoms with Gasteiger partial charge in [0.05, 0.1) is 12.3 Å². The maximum atomic E-state index is 12.0. The van der Waals surface area contributed by atoms with Crippen molar-refractivity contribution in [2.45, 2.75) is 51.1 Å². The SMILES string of the molecule is CC(C(=O)N/C=C\CC(F)(F)F)c1ccc(CC2CCCC2=O)cc1. The van der Waals surface area contributed by atoms with E-state index < -0.39 is 18.5 Å². The highest BCUT2D eigenvalue weighted by molar-refractivity contribution is 5.84. The largest absolute Gasteiger partial charge is 0.392 e. The Hall–Kier alpha value is -2.11. The third-order valence-corrected chi connectivity index (χ3v) is 4.48. The van der Waals surface area contributed by atoms with Crippen molar-refractivity contribution in [3.8, 4) is 0 Å². The predicted octanol–water partition coefficient (Wildman–Crippen LogP) is 4.28. The minimum absolute atomic E-state index is 0.102. The highest BCUT2D eigenvalue weighted by atomic mass is 19.4. The Morgan fingerprint density at radius 3 is 2.56 bits per heavy atom. The number of Topliss-reactive ketones (excluding diaryl/α,β-unsaturated/α-hetero) is 1. The number of amides is 1. The molecule has 0 saturated heterocycles. The molecule has 1 N–H and O–H groups in total. The molecule has 0 aromatic heterocycles. The van der Waals surface area contributed by atoms with Gasteiger partial charge in [-0.25, -0.2) is 0 Å². The van der Waals surface area contributed by atoms with Crippen LogP contribution in [0.3, 0.4) is 0 Å². The molecule has 0 aliphatic heterocycles. The summed E-state index contributed by atoms with van der Waals surface area (Å²) in [6, 6.07) is 7.48. The number of hydrogen-bond donors (Lipinski definition) is 1. The second-order valence-electron chi connectivity index (χ2n) is 6.45. The smallest absolute Gasteiger partial charge is 0.332 e. The topological polar surface area (TPSA) is 46.2 Å². The first-order chi connectivity index (χ1) is 11.8. The lowest BCUT2D eigenvalue weighted by atomic mass is 9.94. The fourth-order valence-electron chi connectivity index (χ4n) is 2.94. The second kappa shape index (κ2) is 8.32. The van der Waals surface area contributed by atoms with E-state index in [1.807, 2.05) is 24.3 Å².